The number of nitrogens with zero attached hydrogens (tertiary/aromatic N) is 3. The Morgan fingerprint density at radius 3 is 2.45 bits per heavy atom. The number of benzene rings is 1. The molecule has 0 fully saturated rings. The number of imide groups is 1. The van der Waals surface area contributed by atoms with Crippen LogP contribution in [0.15, 0.2) is 24.3 Å². The van der Waals surface area contributed by atoms with E-state index in [1.54, 1.807) is 24.3 Å². The molecule has 2 amide bonds. The van der Waals surface area contributed by atoms with Crippen molar-refractivity contribution >= 4 is 28.3 Å². The van der Waals surface area contributed by atoms with Crippen LogP contribution < -0.4 is 5.32 Å². The predicted octanol–water partition coefficient (Wildman–Crippen LogP) is 1.77. The number of fused-ring (bicyclic) bond motifs is 1. The third kappa shape index (κ3) is 1.96. The van der Waals surface area contributed by atoms with E-state index in [-0.39, 0.29) is 18.4 Å². The second kappa shape index (κ2) is 5.01. The van der Waals surface area contributed by atoms with Crippen molar-refractivity contribution in [1.29, 1.82) is 0 Å². The van der Waals surface area contributed by atoms with E-state index >= 15 is 0 Å². The molecule has 0 spiro atoms. The molecule has 0 radical (unpaired) electrons. The van der Waals surface area contributed by atoms with E-state index in [1.165, 1.54) is 16.4 Å². The second-order valence-corrected chi connectivity index (χ2v) is 5.08. The zero-order valence-electron chi connectivity index (χ0n) is 10.8. The maximum Gasteiger partial charge on any atom is 0.261 e. The topological polar surface area (TPSA) is 75.2 Å². The number of amides is 2. The Morgan fingerprint density at radius 1 is 1.20 bits per heavy atom. The molecule has 20 heavy (non-hydrogen) atoms. The fourth-order valence-electron chi connectivity index (χ4n) is 2.14. The van der Waals surface area contributed by atoms with Gasteiger partial charge in [-0.25, -0.2) is 0 Å². The minimum absolute atomic E-state index is 0.144. The van der Waals surface area contributed by atoms with Crippen molar-refractivity contribution in [3.63, 3.8) is 0 Å². The van der Waals surface area contributed by atoms with Crippen LogP contribution in [-0.4, -0.2) is 32.8 Å². The standard InChI is InChI=1S/C13H12N4O2S/c1-2-14-11-10(15-16-20-11)7-17-12(18)8-5-3-4-6-9(8)13(17)19/h3-6,14H,2,7H2,1H3. The molecule has 0 unspecified atom stereocenters. The molecule has 0 saturated carbocycles. The Bertz CT molecular complexity index is 648. The lowest BCUT2D eigenvalue weighted by atomic mass is 10.1. The fourth-order valence-corrected chi connectivity index (χ4v) is 2.78. The number of hydrogen-bond acceptors (Lipinski definition) is 6. The Hall–Kier alpha value is -2.28. The van der Waals surface area contributed by atoms with Gasteiger partial charge in [-0.3, -0.25) is 14.5 Å². The molecule has 1 aromatic heterocycles. The SMILES string of the molecule is CCNc1snnc1CN1C(=O)c2ccccc2C1=O. The molecule has 3 rings (SSSR count). The number of carbonyl (C=O) groups is 2. The molecule has 6 nitrogen and oxygen atoms in total. The van der Waals surface area contributed by atoms with E-state index in [0.717, 1.165) is 11.5 Å². The van der Waals surface area contributed by atoms with Gasteiger partial charge in [-0.15, -0.1) is 5.10 Å². The van der Waals surface area contributed by atoms with Gasteiger partial charge in [0.1, 0.15) is 10.7 Å². The summed E-state index contributed by atoms with van der Waals surface area (Å²) in [5.41, 5.74) is 1.52. The number of rotatable bonds is 4. The molecule has 7 heteroatoms. The van der Waals surface area contributed by atoms with Gasteiger partial charge in [-0.2, -0.15) is 0 Å². The van der Waals surface area contributed by atoms with Crippen molar-refractivity contribution in [1.82, 2.24) is 14.5 Å². The molecule has 1 aromatic carbocycles. The number of hydrogen-bond donors (Lipinski definition) is 1. The van der Waals surface area contributed by atoms with Gasteiger partial charge in [0.05, 0.1) is 17.7 Å². The first-order chi connectivity index (χ1) is 9.72. The van der Waals surface area contributed by atoms with Gasteiger partial charge in [0.2, 0.25) is 0 Å². The zero-order chi connectivity index (χ0) is 14.1. The summed E-state index contributed by atoms with van der Waals surface area (Å²) in [6, 6.07) is 6.84. The van der Waals surface area contributed by atoms with E-state index < -0.39 is 0 Å². The Morgan fingerprint density at radius 2 is 1.85 bits per heavy atom. The van der Waals surface area contributed by atoms with Crippen molar-refractivity contribution in [3.8, 4) is 0 Å². The van der Waals surface area contributed by atoms with E-state index in [1.807, 2.05) is 6.92 Å². The first kappa shape index (κ1) is 12.7. The Labute approximate surface area is 119 Å². The van der Waals surface area contributed by atoms with Crippen LogP contribution in [0.5, 0.6) is 0 Å². The molecule has 1 aliphatic heterocycles. The number of carbonyl (C=O) groups excluding carboxylic acids is 2. The van der Waals surface area contributed by atoms with Crippen molar-refractivity contribution in [2.45, 2.75) is 13.5 Å². The molecule has 0 aliphatic carbocycles. The van der Waals surface area contributed by atoms with Crippen molar-refractivity contribution in [3.05, 3.63) is 41.1 Å². The van der Waals surface area contributed by atoms with Gasteiger partial charge in [-0.05, 0) is 19.1 Å². The van der Waals surface area contributed by atoms with Gasteiger partial charge >= 0.3 is 0 Å². The highest BCUT2D eigenvalue weighted by Crippen LogP contribution is 2.26. The minimum atomic E-state index is -0.277. The summed E-state index contributed by atoms with van der Waals surface area (Å²) in [6.07, 6.45) is 0. The summed E-state index contributed by atoms with van der Waals surface area (Å²) in [5.74, 6) is -0.554. The second-order valence-electron chi connectivity index (χ2n) is 4.32. The molecule has 1 N–H and O–H groups in total. The van der Waals surface area contributed by atoms with Crippen molar-refractivity contribution in [2.24, 2.45) is 0 Å². The minimum Gasteiger partial charge on any atom is -0.374 e. The van der Waals surface area contributed by atoms with Crippen LogP contribution in [0, 0.1) is 0 Å². The van der Waals surface area contributed by atoms with Crippen molar-refractivity contribution in [2.75, 3.05) is 11.9 Å². The molecule has 102 valence electrons. The average Bonchev–Trinajstić information content (AvgIpc) is 2.99. The summed E-state index contributed by atoms with van der Waals surface area (Å²) < 4.78 is 3.86. The maximum absolute atomic E-state index is 12.2. The van der Waals surface area contributed by atoms with Crippen LogP contribution in [0.1, 0.15) is 33.3 Å². The van der Waals surface area contributed by atoms with Gasteiger partial charge in [0, 0.05) is 18.1 Å². The summed E-state index contributed by atoms with van der Waals surface area (Å²) in [7, 11) is 0. The van der Waals surface area contributed by atoms with Crippen LogP contribution in [0.25, 0.3) is 0 Å². The van der Waals surface area contributed by atoms with E-state index in [2.05, 4.69) is 14.9 Å². The smallest absolute Gasteiger partial charge is 0.261 e. The van der Waals surface area contributed by atoms with Crippen LogP contribution in [0.3, 0.4) is 0 Å². The summed E-state index contributed by atoms with van der Waals surface area (Å²) in [4.78, 5) is 25.7. The molecule has 0 atom stereocenters. The summed E-state index contributed by atoms with van der Waals surface area (Å²) in [5, 5.41) is 7.91. The highest BCUT2D eigenvalue weighted by Gasteiger charge is 2.35. The van der Waals surface area contributed by atoms with Crippen LogP contribution in [0.2, 0.25) is 0 Å². The van der Waals surface area contributed by atoms with Crippen LogP contribution in [-0.2, 0) is 6.54 Å². The Balaban J connectivity index is 1.88. The highest BCUT2D eigenvalue weighted by molar-refractivity contribution is 7.10. The lowest BCUT2D eigenvalue weighted by Crippen LogP contribution is -2.29. The third-order valence-electron chi connectivity index (χ3n) is 3.08. The highest BCUT2D eigenvalue weighted by atomic mass is 32.1. The first-order valence-corrected chi connectivity index (χ1v) is 7.00. The van der Waals surface area contributed by atoms with Gasteiger partial charge in [-0.1, -0.05) is 16.6 Å². The number of nitrogens with one attached hydrogen (secondary N) is 1. The van der Waals surface area contributed by atoms with Gasteiger partial charge < -0.3 is 5.32 Å². The monoisotopic (exact) mass is 288 g/mol. The van der Waals surface area contributed by atoms with Gasteiger partial charge in [0.15, 0.2) is 0 Å². The molecule has 0 saturated heterocycles. The number of aromatic nitrogens is 2. The lowest BCUT2D eigenvalue weighted by molar-refractivity contribution is 0.0641. The number of anilines is 1. The largest absolute Gasteiger partial charge is 0.374 e. The van der Waals surface area contributed by atoms with E-state index in [0.29, 0.717) is 16.8 Å². The van der Waals surface area contributed by atoms with E-state index in [9.17, 15) is 9.59 Å². The third-order valence-corrected chi connectivity index (χ3v) is 3.80. The zero-order valence-corrected chi connectivity index (χ0v) is 11.6. The fraction of sp³-hybridized carbons (Fsp3) is 0.231. The predicted molar refractivity (Wildman–Crippen MR) is 74.7 cm³/mol. The van der Waals surface area contributed by atoms with Crippen LogP contribution in [0.4, 0.5) is 5.00 Å². The molecule has 0 bridgehead atoms. The van der Waals surface area contributed by atoms with E-state index in [4.69, 9.17) is 0 Å². The maximum atomic E-state index is 12.2. The molecular formula is C13H12N4O2S. The average molecular weight is 288 g/mol. The summed E-state index contributed by atoms with van der Waals surface area (Å²) in [6.45, 7) is 2.84. The first-order valence-electron chi connectivity index (χ1n) is 6.22. The molecule has 1 aliphatic rings. The van der Waals surface area contributed by atoms with Crippen molar-refractivity contribution < 1.29 is 9.59 Å². The van der Waals surface area contributed by atoms with Crippen LogP contribution >= 0.6 is 11.5 Å². The molecule has 2 aromatic rings. The van der Waals surface area contributed by atoms with Gasteiger partial charge in [0.25, 0.3) is 11.8 Å². The summed E-state index contributed by atoms with van der Waals surface area (Å²) >= 11 is 1.22. The lowest BCUT2D eigenvalue weighted by Gasteiger charge is -2.12. The molecule has 2 heterocycles. The Kier molecular flexibility index (Phi) is 3.19. The molecular weight excluding hydrogens is 276 g/mol. The quantitative estimate of drug-likeness (QED) is 0.868. The normalized spacial score (nSPS) is 13.8.